The zero-order valence-corrected chi connectivity index (χ0v) is 18.3. The number of aliphatic imine (C=N–C) groups is 1. The summed E-state index contributed by atoms with van der Waals surface area (Å²) in [5.74, 6) is -1.23. The van der Waals surface area contributed by atoms with Gasteiger partial charge in [-0.05, 0) is 61.6 Å². The Kier molecular flexibility index (Phi) is 7.58. The van der Waals surface area contributed by atoms with Crippen LogP contribution in [0.1, 0.15) is 46.8 Å². The molecule has 3 N–H and O–H groups in total. The molecule has 0 spiro atoms. The Labute approximate surface area is 196 Å². The molecule has 35 heavy (non-hydrogen) atoms. The van der Waals surface area contributed by atoms with Crippen LogP contribution in [0, 0.1) is 22.7 Å². The molecule has 1 saturated carbocycles. The van der Waals surface area contributed by atoms with Crippen LogP contribution in [0.5, 0.6) is 0 Å². The lowest BCUT2D eigenvalue weighted by Crippen LogP contribution is -2.42. The molecule has 12 heteroatoms. The molecule has 0 saturated heterocycles. The summed E-state index contributed by atoms with van der Waals surface area (Å²) in [5.41, 5.74) is -2.22. The molecular formula is C23H19F5N6O. The Bertz CT molecular complexity index is 1220. The molecule has 182 valence electrons. The van der Waals surface area contributed by atoms with Gasteiger partial charge in [-0.15, -0.1) is 0 Å². The monoisotopic (exact) mass is 490 g/mol. The molecule has 1 unspecified atom stereocenters. The van der Waals surface area contributed by atoms with Crippen molar-refractivity contribution in [3.63, 3.8) is 0 Å². The number of rotatable bonds is 7. The van der Waals surface area contributed by atoms with Gasteiger partial charge in [0.05, 0.1) is 17.2 Å². The molecule has 1 heterocycles. The van der Waals surface area contributed by atoms with Crippen LogP contribution in [0.25, 0.3) is 5.57 Å². The van der Waals surface area contributed by atoms with Gasteiger partial charge in [0, 0.05) is 17.3 Å². The topological polar surface area (TPSA) is 114 Å². The highest BCUT2D eigenvalue weighted by Crippen LogP contribution is 2.45. The summed E-state index contributed by atoms with van der Waals surface area (Å²) >= 11 is 0. The molecule has 1 fully saturated rings. The van der Waals surface area contributed by atoms with Crippen LogP contribution in [-0.4, -0.2) is 29.1 Å². The second-order valence-electron chi connectivity index (χ2n) is 7.75. The highest BCUT2D eigenvalue weighted by atomic mass is 19.4. The van der Waals surface area contributed by atoms with Crippen molar-refractivity contribution in [1.82, 2.24) is 10.3 Å². The van der Waals surface area contributed by atoms with Gasteiger partial charge < -0.3 is 10.6 Å². The number of pyridine rings is 1. The summed E-state index contributed by atoms with van der Waals surface area (Å²) in [6.07, 6.45) is -4.10. The number of hydrogen-bond acceptors (Lipinski definition) is 4. The highest BCUT2D eigenvalue weighted by Gasteiger charge is 2.35. The maximum absolute atomic E-state index is 13.5. The van der Waals surface area contributed by atoms with E-state index in [0.717, 1.165) is 6.07 Å². The Morgan fingerprint density at radius 1 is 1.26 bits per heavy atom. The van der Waals surface area contributed by atoms with Crippen LogP contribution >= 0.6 is 0 Å². The molecule has 3 rings (SSSR count). The van der Waals surface area contributed by atoms with Gasteiger partial charge in [0.25, 0.3) is 12.0 Å². The lowest BCUT2D eigenvalue weighted by atomic mass is 9.96. The first kappa shape index (κ1) is 25.5. The van der Waals surface area contributed by atoms with E-state index in [9.17, 15) is 26.7 Å². The smallest absolute Gasteiger partial charge is 0.342 e. The third-order valence-electron chi connectivity index (χ3n) is 5.13. The first-order valence-corrected chi connectivity index (χ1v) is 10.3. The summed E-state index contributed by atoms with van der Waals surface area (Å²) < 4.78 is 67.4. The summed E-state index contributed by atoms with van der Waals surface area (Å²) in [7, 11) is 0. The number of amides is 1. The number of halogens is 5. The van der Waals surface area contributed by atoms with Crippen LogP contribution in [0.2, 0.25) is 0 Å². The number of aromatic nitrogens is 1. The normalized spacial score (nSPS) is 14.5. The van der Waals surface area contributed by atoms with E-state index in [4.69, 9.17) is 10.7 Å². The number of amidine groups is 1. The van der Waals surface area contributed by atoms with Crippen molar-refractivity contribution in [3.05, 3.63) is 64.9 Å². The number of nitrogens with one attached hydrogen (secondary N) is 3. The number of alkyl halides is 3. The number of carbonyl (C=O) groups is 1. The van der Waals surface area contributed by atoms with Gasteiger partial charge >= 0.3 is 6.18 Å². The predicted molar refractivity (Wildman–Crippen MR) is 119 cm³/mol. The third kappa shape index (κ3) is 6.47. The van der Waals surface area contributed by atoms with Gasteiger partial charge in [0.15, 0.2) is 0 Å². The molecule has 0 aliphatic heterocycles. The van der Waals surface area contributed by atoms with Crippen molar-refractivity contribution in [2.75, 3.05) is 5.32 Å². The number of hydrogen-bond donors (Lipinski definition) is 3. The minimum absolute atomic E-state index is 0.0334. The fourth-order valence-electron chi connectivity index (χ4n) is 3.28. The lowest BCUT2D eigenvalue weighted by Gasteiger charge is -2.19. The predicted octanol–water partition coefficient (Wildman–Crippen LogP) is 5.23. The van der Waals surface area contributed by atoms with Crippen molar-refractivity contribution >= 4 is 29.5 Å². The van der Waals surface area contributed by atoms with E-state index in [-0.39, 0.29) is 17.2 Å². The second kappa shape index (κ2) is 10.4. The fraction of sp³-hybridized carbons (Fsp3) is 0.261. The average molecular weight is 490 g/mol. The van der Waals surface area contributed by atoms with Gasteiger partial charge in [0.2, 0.25) is 0 Å². The zero-order chi connectivity index (χ0) is 25.8. The molecule has 2 aromatic rings. The Morgan fingerprint density at radius 3 is 2.46 bits per heavy atom. The maximum Gasteiger partial charge on any atom is 0.416 e. The molecule has 1 aliphatic carbocycles. The molecular weight excluding hydrogens is 471 g/mol. The summed E-state index contributed by atoms with van der Waals surface area (Å²) in [5, 5.41) is 21.3. The molecule has 0 bridgehead atoms. The number of benzene rings is 1. The minimum atomic E-state index is -4.85. The summed E-state index contributed by atoms with van der Waals surface area (Å²) in [6, 6.07) is 6.12. The Hall–Kier alpha value is -4.14. The van der Waals surface area contributed by atoms with Crippen molar-refractivity contribution in [2.45, 2.75) is 32.0 Å². The van der Waals surface area contributed by atoms with Gasteiger partial charge in [-0.1, -0.05) is 0 Å². The van der Waals surface area contributed by atoms with E-state index < -0.39 is 46.8 Å². The van der Waals surface area contributed by atoms with Crippen LogP contribution in [-0.2, 0) is 6.18 Å². The molecule has 1 amide bonds. The molecule has 1 atom stereocenters. The van der Waals surface area contributed by atoms with Gasteiger partial charge in [0.1, 0.15) is 24.1 Å². The molecule has 1 aromatic carbocycles. The van der Waals surface area contributed by atoms with E-state index in [2.05, 4.69) is 20.6 Å². The largest absolute Gasteiger partial charge is 0.416 e. The van der Waals surface area contributed by atoms with Crippen LogP contribution in [0.4, 0.5) is 27.8 Å². The van der Waals surface area contributed by atoms with Crippen LogP contribution < -0.4 is 10.6 Å². The van der Waals surface area contributed by atoms with E-state index >= 15 is 0 Å². The SMILES string of the molecule is CC(NC(=O)c1cc(C(=C(F)F)C2CC2)cc(C(F)(F)F)c1)/C(=N/C=N)Nc1ccc(C#N)cn1. The Balaban J connectivity index is 1.88. The summed E-state index contributed by atoms with van der Waals surface area (Å²) in [4.78, 5) is 20.6. The number of carbonyl (C=O) groups excluding carboxylic acids is 1. The molecule has 0 radical (unpaired) electrons. The van der Waals surface area contributed by atoms with Crippen molar-refractivity contribution in [3.8, 4) is 6.07 Å². The quantitative estimate of drug-likeness (QED) is 0.280. The van der Waals surface area contributed by atoms with Crippen LogP contribution in [0.3, 0.4) is 0 Å². The van der Waals surface area contributed by atoms with Crippen LogP contribution in [0.15, 0.2) is 47.6 Å². The van der Waals surface area contributed by atoms with E-state index in [1.54, 1.807) is 0 Å². The molecule has 1 aromatic heterocycles. The van der Waals surface area contributed by atoms with Crippen molar-refractivity contribution in [2.24, 2.45) is 10.9 Å². The third-order valence-corrected chi connectivity index (χ3v) is 5.13. The zero-order valence-electron chi connectivity index (χ0n) is 18.3. The summed E-state index contributed by atoms with van der Waals surface area (Å²) in [6.45, 7) is 1.46. The van der Waals surface area contributed by atoms with Gasteiger partial charge in [-0.3, -0.25) is 10.2 Å². The highest BCUT2D eigenvalue weighted by molar-refractivity contribution is 6.05. The average Bonchev–Trinajstić information content (AvgIpc) is 3.63. The lowest BCUT2D eigenvalue weighted by molar-refractivity contribution is -0.137. The van der Waals surface area contributed by atoms with Gasteiger partial charge in [-0.2, -0.15) is 27.2 Å². The molecule has 7 nitrogen and oxygen atoms in total. The van der Waals surface area contributed by atoms with E-state index in [1.807, 2.05) is 6.07 Å². The van der Waals surface area contributed by atoms with E-state index in [1.165, 1.54) is 25.3 Å². The standard InChI is InChI=1S/C23H19F5N6O/c1-12(21(32-11-30)34-18-5-2-13(9-29)10-31-18)33-22(35)16-6-15(7-17(8-16)23(26,27)28)19(20(24)25)14-3-4-14/h2,5-8,10-12,14H,3-4H2,1H3,(H,33,35)(H2,30,31,32,34). The minimum Gasteiger partial charge on any atom is -0.342 e. The maximum atomic E-state index is 13.5. The van der Waals surface area contributed by atoms with Gasteiger partial charge in [-0.25, -0.2) is 9.98 Å². The second-order valence-corrected chi connectivity index (χ2v) is 7.75. The number of nitriles is 1. The Morgan fingerprint density at radius 2 is 1.94 bits per heavy atom. The first-order chi connectivity index (χ1) is 16.5. The number of allylic oxidation sites excluding steroid dienone is 1. The van der Waals surface area contributed by atoms with Crippen molar-refractivity contribution in [1.29, 1.82) is 10.7 Å². The van der Waals surface area contributed by atoms with Crippen molar-refractivity contribution < 1.29 is 26.7 Å². The van der Waals surface area contributed by atoms with E-state index in [0.29, 0.717) is 36.9 Å². The molecule has 1 aliphatic rings. The number of nitrogens with zero attached hydrogens (tertiary/aromatic N) is 3. The fourth-order valence-corrected chi connectivity index (χ4v) is 3.28. The number of anilines is 1. The first-order valence-electron chi connectivity index (χ1n) is 10.3.